The van der Waals surface area contributed by atoms with Crippen molar-refractivity contribution in [2.75, 3.05) is 0 Å². The zero-order valence-electron chi connectivity index (χ0n) is 20.0. The molecule has 6 rings (SSSR count). The Balaban J connectivity index is 1.55. The van der Waals surface area contributed by atoms with Gasteiger partial charge in [-0.25, -0.2) is 0 Å². The highest BCUT2D eigenvalue weighted by Crippen LogP contribution is 2.46. The third-order valence-corrected chi connectivity index (χ3v) is 7.06. The molecule has 8 nitrogen and oxygen atoms in total. The van der Waals surface area contributed by atoms with Crippen molar-refractivity contribution in [3.05, 3.63) is 104 Å². The molecule has 4 N–H and O–H groups in total. The number of aryl methyl sites for hydroxylation is 2. The van der Waals surface area contributed by atoms with E-state index in [-0.39, 0.29) is 55.6 Å². The van der Waals surface area contributed by atoms with Crippen molar-refractivity contribution in [2.24, 2.45) is 0 Å². The second-order valence-corrected chi connectivity index (χ2v) is 9.50. The van der Waals surface area contributed by atoms with Gasteiger partial charge < -0.3 is 20.4 Å². The number of aromatic hydroxyl groups is 4. The molecule has 4 aromatic rings. The lowest BCUT2D eigenvalue weighted by molar-refractivity contribution is 0.0974. The molecule has 0 spiro atoms. The van der Waals surface area contributed by atoms with Crippen LogP contribution in [0.1, 0.15) is 74.8 Å². The minimum Gasteiger partial charge on any atom is -0.507 e. The smallest absolute Gasteiger partial charge is 0.201 e. The summed E-state index contributed by atoms with van der Waals surface area (Å²) in [5, 5.41) is 43.1. The minimum atomic E-state index is -0.774. The first-order valence-electron chi connectivity index (χ1n) is 11.6. The molecule has 186 valence electrons. The van der Waals surface area contributed by atoms with Crippen molar-refractivity contribution in [2.45, 2.75) is 13.8 Å². The highest BCUT2D eigenvalue weighted by molar-refractivity contribution is 6.32. The van der Waals surface area contributed by atoms with Gasteiger partial charge in [-0.05, 0) is 73.5 Å². The zero-order valence-corrected chi connectivity index (χ0v) is 20.0. The van der Waals surface area contributed by atoms with Crippen LogP contribution in [-0.4, -0.2) is 43.6 Å². The van der Waals surface area contributed by atoms with Crippen molar-refractivity contribution in [3.8, 4) is 34.1 Å². The van der Waals surface area contributed by atoms with Crippen LogP contribution in [0.15, 0.2) is 48.5 Å². The molecule has 0 bridgehead atoms. The SMILES string of the molecule is Cc1cc(O)c2c(c1)C(=O)c1ccc(-c3ccc4c(c3O)C(=O)c3c(O)cc(C)cc3C4=O)c(O)c1C2=O. The van der Waals surface area contributed by atoms with Crippen molar-refractivity contribution in [3.63, 3.8) is 0 Å². The molecule has 2 aliphatic rings. The van der Waals surface area contributed by atoms with Crippen molar-refractivity contribution in [1.82, 2.24) is 0 Å². The fraction of sp³-hybridized carbons (Fsp3) is 0.0667. The van der Waals surface area contributed by atoms with Gasteiger partial charge in [-0.15, -0.1) is 0 Å². The van der Waals surface area contributed by atoms with E-state index in [1.165, 1.54) is 48.5 Å². The van der Waals surface area contributed by atoms with Gasteiger partial charge >= 0.3 is 0 Å². The largest absolute Gasteiger partial charge is 0.507 e. The van der Waals surface area contributed by atoms with E-state index in [2.05, 4.69) is 0 Å². The lowest BCUT2D eigenvalue weighted by atomic mass is 9.79. The number of benzene rings is 4. The number of hydrogen-bond acceptors (Lipinski definition) is 8. The Morgan fingerprint density at radius 1 is 0.421 bits per heavy atom. The van der Waals surface area contributed by atoms with Crippen LogP contribution in [0.2, 0.25) is 0 Å². The topological polar surface area (TPSA) is 149 Å². The first kappa shape index (κ1) is 23.2. The number of rotatable bonds is 1. The van der Waals surface area contributed by atoms with E-state index in [1.807, 2.05) is 0 Å². The lowest BCUT2D eigenvalue weighted by Gasteiger charge is -2.23. The van der Waals surface area contributed by atoms with Gasteiger partial charge in [0.15, 0.2) is 11.6 Å². The summed E-state index contributed by atoms with van der Waals surface area (Å²) < 4.78 is 0. The summed E-state index contributed by atoms with van der Waals surface area (Å²) in [5.74, 6) is -4.73. The molecule has 0 radical (unpaired) electrons. The summed E-state index contributed by atoms with van der Waals surface area (Å²) in [6.45, 7) is 3.33. The number of phenolic OH excluding ortho intramolecular Hbond substituents is 4. The number of fused-ring (bicyclic) bond motifs is 4. The van der Waals surface area contributed by atoms with E-state index in [1.54, 1.807) is 13.8 Å². The van der Waals surface area contributed by atoms with Gasteiger partial charge in [-0.3, -0.25) is 19.2 Å². The van der Waals surface area contributed by atoms with E-state index in [9.17, 15) is 39.6 Å². The molecule has 0 aromatic heterocycles. The van der Waals surface area contributed by atoms with Crippen LogP contribution in [0.4, 0.5) is 0 Å². The number of phenols is 4. The molecule has 0 fully saturated rings. The van der Waals surface area contributed by atoms with Crippen LogP contribution in [0.3, 0.4) is 0 Å². The number of carbonyl (C=O) groups is 4. The maximum atomic E-state index is 13.3. The summed E-state index contributed by atoms with van der Waals surface area (Å²) in [6.07, 6.45) is 0. The van der Waals surface area contributed by atoms with Gasteiger partial charge in [0.05, 0.1) is 22.3 Å². The molecule has 2 aliphatic carbocycles. The molecule has 0 amide bonds. The van der Waals surface area contributed by atoms with Gasteiger partial charge in [-0.2, -0.15) is 0 Å². The third kappa shape index (κ3) is 2.91. The Kier molecular flexibility index (Phi) is 4.65. The molecule has 0 unspecified atom stereocenters. The maximum Gasteiger partial charge on any atom is 0.201 e. The predicted molar refractivity (Wildman–Crippen MR) is 135 cm³/mol. The van der Waals surface area contributed by atoms with Crippen molar-refractivity contribution < 1.29 is 39.6 Å². The molecule has 0 aliphatic heterocycles. The number of carbonyl (C=O) groups excluding carboxylic acids is 4. The summed E-state index contributed by atoms with van der Waals surface area (Å²) in [6, 6.07) is 10.9. The summed E-state index contributed by atoms with van der Waals surface area (Å²) in [7, 11) is 0. The highest BCUT2D eigenvalue weighted by atomic mass is 16.3. The Bertz CT molecular complexity index is 1710. The highest BCUT2D eigenvalue weighted by Gasteiger charge is 2.38. The van der Waals surface area contributed by atoms with Crippen LogP contribution in [0.25, 0.3) is 11.1 Å². The molecular formula is C30H18O8. The normalized spacial score (nSPS) is 13.6. The van der Waals surface area contributed by atoms with Crippen molar-refractivity contribution in [1.29, 1.82) is 0 Å². The van der Waals surface area contributed by atoms with E-state index >= 15 is 0 Å². The second-order valence-electron chi connectivity index (χ2n) is 9.50. The minimum absolute atomic E-state index is 0.0154. The molecule has 4 aromatic carbocycles. The maximum absolute atomic E-state index is 13.3. The second kappa shape index (κ2) is 7.63. The fourth-order valence-corrected chi connectivity index (χ4v) is 5.37. The lowest BCUT2D eigenvalue weighted by Crippen LogP contribution is -2.22. The van der Waals surface area contributed by atoms with Gasteiger partial charge in [0.25, 0.3) is 0 Å². The molecule has 0 heterocycles. The van der Waals surface area contributed by atoms with Gasteiger partial charge in [-0.1, -0.05) is 0 Å². The van der Waals surface area contributed by atoms with Gasteiger partial charge in [0, 0.05) is 33.4 Å². The van der Waals surface area contributed by atoms with Crippen LogP contribution in [0.5, 0.6) is 23.0 Å². The van der Waals surface area contributed by atoms with Crippen LogP contribution in [-0.2, 0) is 0 Å². The fourth-order valence-electron chi connectivity index (χ4n) is 5.37. The third-order valence-electron chi connectivity index (χ3n) is 7.06. The summed E-state index contributed by atoms with van der Waals surface area (Å²) >= 11 is 0. The standard InChI is InChI=1S/C30H18O8/c1-11-7-17-21(19(31)9-11)29(37)23-15(25(17)33)5-3-13(27(23)35)14-4-6-16-24(28(14)36)30(38)22-18(26(16)34)8-12(2)10-20(22)32/h3-10,31-32,35-36H,1-2H3. The molecular weight excluding hydrogens is 488 g/mol. The Hall–Kier alpha value is -5.24. The first-order valence-corrected chi connectivity index (χ1v) is 11.6. The Morgan fingerprint density at radius 2 is 0.763 bits per heavy atom. The zero-order chi connectivity index (χ0) is 27.2. The Morgan fingerprint density at radius 3 is 1.13 bits per heavy atom. The van der Waals surface area contributed by atoms with E-state index in [0.717, 1.165) is 0 Å². The quantitative estimate of drug-likeness (QED) is 0.257. The molecule has 0 saturated heterocycles. The first-order chi connectivity index (χ1) is 18.0. The average Bonchev–Trinajstić information content (AvgIpc) is 2.85. The van der Waals surface area contributed by atoms with Crippen molar-refractivity contribution >= 4 is 23.1 Å². The summed E-state index contributed by atoms with van der Waals surface area (Å²) in [5.41, 5.74) is -0.285. The molecule has 38 heavy (non-hydrogen) atoms. The monoisotopic (exact) mass is 506 g/mol. The van der Waals surface area contributed by atoms with Gasteiger partial charge in [0.1, 0.15) is 23.0 Å². The average molecular weight is 506 g/mol. The Labute approximate surface area is 215 Å². The number of ketones is 4. The van der Waals surface area contributed by atoms with E-state index < -0.39 is 46.1 Å². The van der Waals surface area contributed by atoms with E-state index in [0.29, 0.717) is 11.1 Å². The molecule has 8 heteroatoms. The number of hydrogen-bond donors (Lipinski definition) is 4. The predicted octanol–water partition coefficient (Wildman–Crippen LogP) is 4.34. The van der Waals surface area contributed by atoms with E-state index in [4.69, 9.17) is 0 Å². The van der Waals surface area contributed by atoms with Crippen LogP contribution in [0, 0.1) is 13.8 Å². The molecule has 0 atom stereocenters. The van der Waals surface area contributed by atoms with Gasteiger partial charge in [0.2, 0.25) is 11.6 Å². The van der Waals surface area contributed by atoms with Crippen LogP contribution >= 0.6 is 0 Å². The molecule has 0 saturated carbocycles. The summed E-state index contributed by atoms with van der Waals surface area (Å²) in [4.78, 5) is 53.0. The van der Waals surface area contributed by atoms with Crippen LogP contribution < -0.4 is 0 Å².